The van der Waals surface area contributed by atoms with Crippen LogP contribution >= 0.6 is 0 Å². The molecule has 0 aromatic heterocycles. The van der Waals surface area contributed by atoms with E-state index < -0.39 is 17.5 Å². The number of benzene rings is 3. The number of urea groups is 1. The Bertz CT molecular complexity index is 1100. The van der Waals surface area contributed by atoms with Gasteiger partial charge >= 0.3 is 6.03 Å². The number of carbonyl (C=O) groups excluding carboxylic acids is 3. The molecule has 1 heterocycles. The molecule has 31 heavy (non-hydrogen) atoms. The molecule has 1 aliphatic rings. The minimum Gasteiger partial charge on any atom is -0.457 e. The molecule has 0 saturated carbocycles. The van der Waals surface area contributed by atoms with E-state index in [0.29, 0.717) is 29.0 Å². The fourth-order valence-electron chi connectivity index (χ4n) is 3.70. The van der Waals surface area contributed by atoms with E-state index in [1.165, 1.54) is 0 Å². The molecular weight excluding hydrogens is 392 g/mol. The molecule has 1 aliphatic heterocycles. The molecule has 1 saturated heterocycles. The van der Waals surface area contributed by atoms with Crippen molar-refractivity contribution in [3.8, 4) is 11.5 Å². The third-order valence-corrected chi connectivity index (χ3v) is 5.43. The first kappa shape index (κ1) is 20.3. The third kappa shape index (κ3) is 3.92. The number of para-hydroxylation sites is 1. The van der Waals surface area contributed by atoms with Crippen LogP contribution in [0.5, 0.6) is 11.5 Å². The van der Waals surface area contributed by atoms with Crippen LogP contribution in [0, 0.1) is 0 Å². The Hall–Kier alpha value is -3.93. The Morgan fingerprint density at radius 3 is 2.06 bits per heavy atom. The maximum Gasteiger partial charge on any atom is 0.325 e. The van der Waals surface area contributed by atoms with Crippen molar-refractivity contribution in [2.24, 2.45) is 0 Å². The fraction of sp³-hybridized carbons (Fsp3) is 0.160. The van der Waals surface area contributed by atoms with Crippen LogP contribution < -0.4 is 10.1 Å². The summed E-state index contributed by atoms with van der Waals surface area (Å²) in [5.41, 5.74) is -0.0469. The maximum atomic E-state index is 13.2. The molecule has 4 rings (SSSR count). The van der Waals surface area contributed by atoms with E-state index in [0.717, 1.165) is 4.90 Å². The van der Waals surface area contributed by atoms with Gasteiger partial charge in [0, 0.05) is 5.56 Å². The molecule has 1 fully saturated rings. The van der Waals surface area contributed by atoms with E-state index in [1.807, 2.05) is 55.5 Å². The van der Waals surface area contributed by atoms with E-state index in [9.17, 15) is 14.4 Å². The molecule has 156 valence electrons. The van der Waals surface area contributed by atoms with Gasteiger partial charge in [-0.2, -0.15) is 0 Å². The summed E-state index contributed by atoms with van der Waals surface area (Å²) in [5, 5.41) is 2.79. The highest BCUT2D eigenvalue weighted by molar-refractivity contribution is 6.11. The van der Waals surface area contributed by atoms with Crippen LogP contribution in [0.1, 0.15) is 29.3 Å². The molecule has 1 N–H and O–H groups in total. The molecule has 1 unspecified atom stereocenters. The second kappa shape index (κ2) is 8.44. The molecule has 6 heteroatoms. The number of imide groups is 1. The third-order valence-electron chi connectivity index (χ3n) is 5.43. The Labute approximate surface area is 180 Å². The van der Waals surface area contributed by atoms with Crippen LogP contribution in [0.3, 0.4) is 0 Å². The van der Waals surface area contributed by atoms with Gasteiger partial charge in [0.25, 0.3) is 5.91 Å². The Balaban J connectivity index is 1.48. The second-order valence-corrected chi connectivity index (χ2v) is 7.31. The van der Waals surface area contributed by atoms with E-state index in [-0.39, 0.29) is 12.3 Å². The summed E-state index contributed by atoms with van der Waals surface area (Å²) in [6.45, 7) is 1.51. The number of nitrogens with one attached hydrogen (secondary N) is 1. The van der Waals surface area contributed by atoms with Gasteiger partial charge in [-0.15, -0.1) is 0 Å². The lowest BCUT2D eigenvalue weighted by atomic mass is 9.87. The van der Waals surface area contributed by atoms with Crippen LogP contribution in [-0.2, 0) is 10.3 Å². The normalized spacial score (nSPS) is 18.0. The predicted molar refractivity (Wildman–Crippen MR) is 116 cm³/mol. The molecule has 3 aromatic rings. The van der Waals surface area contributed by atoms with Crippen LogP contribution in [0.25, 0.3) is 0 Å². The van der Waals surface area contributed by atoms with Gasteiger partial charge in [0.15, 0.2) is 5.78 Å². The highest BCUT2D eigenvalue weighted by Crippen LogP contribution is 2.32. The van der Waals surface area contributed by atoms with Crippen molar-refractivity contribution >= 4 is 17.7 Å². The first-order valence-electron chi connectivity index (χ1n) is 10.1. The number of nitrogens with zero attached hydrogens (tertiary/aromatic N) is 1. The molecule has 3 amide bonds. The van der Waals surface area contributed by atoms with Gasteiger partial charge in [0.2, 0.25) is 0 Å². The summed E-state index contributed by atoms with van der Waals surface area (Å²) in [6, 6.07) is 24.5. The summed E-state index contributed by atoms with van der Waals surface area (Å²) >= 11 is 0. The number of carbonyl (C=O) groups is 3. The van der Waals surface area contributed by atoms with Crippen LogP contribution in [0.2, 0.25) is 0 Å². The Morgan fingerprint density at radius 1 is 0.871 bits per heavy atom. The average molecular weight is 414 g/mol. The van der Waals surface area contributed by atoms with Crippen molar-refractivity contribution in [3.63, 3.8) is 0 Å². The fourth-order valence-corrected chi connectivity index (χ4v) is 3.70. The number of ether oxygens (including phenoxy) is 1. The topological polar surface area (TPSA) is 75.7 Å². The van der Waals surface area contributed by atoms with Crippen molar-refractivity contribution in [2.45, 2.75) is 18.9 Å². The van der Waals surface area contributed by atoms with E-state index >= 15 is 0 Å². The molecule has 6 nitrogen and oxygen atoms in total. The zero-order valence-corrected chi connectivity index (χ0v) is 17.1. The van der Waals surface area contributed by atoms with E-state index in [4.69, 9.17) is 4.74 Å². The molecule has 0 spiro atoms. The Kier molecular flexibility index (Phi) is 5.54. The maximum absolute atomic E-state index is 13.2. The van der Waals surface area contributed by atoms with Gasteiger partial charge in [0.1, 0.15) is 17.0 Å². The lowest BCUT2D eigenvalue weighted by Gasteiger charge is -2.25. The highest BCUT2D eigenvalue weighted by atomic mass is 16.5. The number of hydrogen-bond acceptors (Lipinski definition) is 4. The number of ketones is 1. The van der Waals surface area contributed by atoms with Crippen LogP contribution in [0.4, 0.5) is 4.79 Å². The highest BCUT2D eigenvalue weighted by Gasteiger charge is 2.51. The SMILES string of the molecule is CCC1(c2ccccc2)NC(=O)N(CC(=O)c2ccc(Oc3ccccc3)cc2)C1=O. The molecule has 0 aliphatic carbocycles. The monoisotopic (exact) mass is 414 g/mol. The molecular formula is C25H22N2O4. The lowest BCUT2D eigenvalue weighted by molar-refractivity contribution is -0.131. The van der Waals surface area contributed by atoms with Gasteiger partial charge in [-0.25, -0.2) is 4.79 Å². The summed E-state index contributed by atoms with van der Waals surface area (Å²) in [6.07, 6.45) is 0.387. The molecule has 0 radical (unpaired) electrons. The first-order valence-corrected chi connectivity index (χ1v) is 10.1. The first-order chi connectivity index (χ1) is 15.0. The van der Waals surface area contributed by atoms with Crippen molar-refractivity contribution in [1.29, 1.82) is 0 Å². The van der Waals surface area contributed by atoms with Crippen molar-refractivity contribution in [3.05, 3.63) is 96.1 Å². The number of hydrogen-bond donors (Lipinski definition) is 1. The smallest absolute Gasteiger partial charge is 0.325 e. The minimum absolute atomic E-state index is 0.321. The van der Waals surface area contributed by atoms with Crippen LogP contribution in [-0.4, -0.2) is 29.2 Å². The van der Waals surface area contributed by atoms with Gasteiger partial charge in [0.05, 0.1) is 6.54 Å². The number of rotatable bonds is 7. The van der Waals surface area contributed by atoms with Gasteiger partial charge in [-0.3, -0.25) is 14.5 Å². The minimum atomic E-state index is -1.15. The van der Waals surface area contributed by atoms with E-state index in [1.54, 1.807) is 36.4 Å². The number of Topliss-reactive ketones (excluding diaryl/α,β-unsaturated/α-hetero) is 1. The summed E-state index contributed by atoms with van der Waals surface area (Å²) in [5.74, 6) is 0.544. The zero-order valence-electron chi connectivity index (χ0n) is 17.1. The summed E-state index contributed by atoms with van der Waals surface area (Å²) in [7, 11) is 0. The van der Waals surface area contributed by atoms with Gasteiger partial charge < -0.3 is 10.1 Å². The largest absolute Gasteiger partial charge is 0.457 e. The van der Waals surface area contributed by atoms with Crippen molar-refractivity contribution in [1.82, 2.24) is 10.2 Å². The van der Waals surface area contributed by atoms with Gasteiger partial charge in [-0.1, -0.05) is 55.5 Å². The number of amides is 3. The second-order valence-electron chi connectivity index (χ2n) is 7.31. The summed E-state index contributed by atoms with van der Waals surface area (Å²) < 4.78 is 5.73. The molecule has 0 bridgehead atoms. The average Bonchev–Trinajstić information content (AvgIpc) is 3.06. The zero-order chi connectivity index (χ0) is 21.8. The standard InChI is InChI=1S/C25H22N2O4/c1-2-25(19-9-5-3-6-10-19)23(29)27(24(30)26-25)17-22(28)18-13-15-21(16-14-18)31-20-11-7-4-8-12-20/h3-16H,2,17H2,1H3,(H,26,30). The quantitative estimate of drug-likeness (QED) is 0.456. The summed E-state index contributed by atoms with van der Waals surface area (Å²) in [4.78, 5) is 39.5. The van der Waals surface area contributed by atoms with Crippen molar-refractivity contribution in [2.75, 3.05) is 6.54 Å². The molecule has 3 aromatic carbocycles. The van der Waals surface area contributed by atoms with E-state index in [2.05, 4.69) is 5.32 Å². The van der Waals surface area contributed by atoms with Crippen molar-refractivity contribution < 1.29 is 19.1 Å². The Morgan fingerprint density at radius 2 is 1.45 bits per heavy atom. The molecule has 1 atom stereocenters. The van der Waals surface area contributed by atoms with Crippen LogP contribution in [0.15, 0.2) is 84.9 Å². The lowest BCUT2D eigenvalue weighted by Crippen LogP contribution is -2.43. The van der Waals surface area contributed by atoms with Gasteiger partial charge in [-0.05, 0) is 48.4 Å². The predicted octanol–water partition coefficient (Wildman–Crippen LogP) is 4.52.